The summed E-state index contributed by atoms with van der Waals surface area (Å²) >= 11 is 0. The molecule has 5 aromatic carbocycles. The van der Waals surface area contributed by atoms with Crippen LogP contribution < -0.4 is 0 Å². The van der Waals surface area contributed by atoms with Gasteiger partial charge in [0.2, 0.25) is 5.95 Å². The molecular formula is C37H26N6. The van der Waals surface area contributed by atoms with E-state index in [9.17, 15) is 0 Å². The number of hydrogen-bond acceptors (Lipinski definition) is 4. The van der Waals surface area contributed by atoms with Crippen molar-refractivity contribution in [3.8, 4) is 22.9 Å². The van der Waals surface area contributed by atoms with Gasteiger partial charge in [0, 0.05) is 45.2 Å². The van der Waals surface area contributed by atoms with Crippen LogP contribution in [0.3, 0.4) is 0 Å². The number of fused-ring (bicyclic) bond motifs is 7. The minimum atomic E-state index is 0.620. The Balaban J connectivity index is 1.58. The summed E-state index contributed by atoms with van der Waals surface area (Å²) in [4.78, 5) is 18.9. The predicted molar refractivity (Wildman–Crippen MR) is 179 cm³/mol. The summed E-state index contributed by atoms with van der Waals surface area (Å²) < 4.78 is 4.52. The Kier molecular flexibility index (Phi) is 5.72. The fraction of sp³-hybridized carbons (Fsp3) is 0.0270. The number of hydrogen-bond donors (Lipinski definition) is 0. The average Bonchev–Trinajstić information content (AvgIpc) is 3.58. The zero-order valence-corrected chi connectivity index (χ0v) is 23.5. The summed E-state index contributed by atoms with van der Waals surface area (Å²) in [5.74, 6) is 0.620. The molecule has 0 amide bonds. The van der Waals surface area contributed by atoms with Crippen LogP contribution in [-0.4, -0.2) is 32.0 Å². The molecule has 6 heteroatoms. The van der Waals surface area contributed by atoms with Crippen molar-refractivity contribution in [2.24, 2.45) is 9.98 Å². The van der Waals surface area contributed by atoms with Gasteiger partial charge in [0.25, 0.3) is 0 Å². The van der Waals surface area contributed by atoms with Crippen molar-refractivity contribution >= 4 is 67.9 Å². The van der Waals surface area contributed by atoms with Crippen molar-refractivity contribution in [3.63, 3.8) is 0 Å². The number of aromatic nitrogens is 4. The topological polar surface area (TPSA) is 60.4 Å². The fourth-order valence-corrected chi connectivity index (χ4v) is 6.22. The molecule has 8 aromatic rings. The van der Waals surface area contributed by atoms with Crippen LogP contribution in [-0.2, 0) is 0 Å². The molecule has 0 radical (unpaired) electrons. The van der Waals surface area contributed by atoms with E-state index >= 15 is 0 Å². The minimum Gasteiger partial charge on any atom is -0.307 e. The van der Waals surface area contributed by atoms with Gasteiger partial charge in [-0.2, -0.15) is 0 Å². The summed E-state index contributed by atoms with van der Waals surface area (Å²) in [6.45, 7) is 5.76. The normalized spacial score (nSPS) is 11.8. The summed E-state index contributed by atoms with van der Waals surface area (Å²) in [6, 6.07) is 39.7. The molecule has 0 atom stereocenters. The van der Waals surface area contributed by atoms with Crippen LogP contribution in [0.5, 0.6) is 0 Å². The second kappa shape index (κ2) is 9.89. The van der Waals surface area contributed by atoms with Gasteiger partial charge in [-0.25, -0.2) is 9.97 Å². The predicted octanol–water partition coefficient (Wildman–Crippen LogP) is 9.39. The lowest BCUT2D eigenvalue weighted by Gasteiger charge is -2.12. The Morgan fingerprint density at radius 1 is 0.651 bits per heavy atom. The maximum atomic E-state index is 5.11. The lowest BCUT2D eigenvalue weighted by molar-refractivity contribution is 0.991. The standard InChI is InChI=1S/C37H26N6/c1-3-39-32-22-29-28-19-18-27-26-16-10-11-17-33(26)43(37-40-21-20-30(41-37)24-12-6-4-7-13-24)36(27)35(28)42(25-14-8-5-9-15-25)34(29)23-31(32)38-2/h3-23H,2H2,1H3. The third-order valence-corrected chi connectivity index (χ3v) is 8.02. The number of nitrogens with zero attached hydrogens (tertiary/aromatic N) is 6. The Morgan fingerprint density at radius 2 is 1.35 bits per heavy atom. The third kappa shape index (κ3) is 3.81. The Morgan fingerprint density at radius 3 is 2.12 bits per heavy atom. The van der Waals surface area contributed by atoms with E-state index in [1.165, 1.54) is 0 Å². The molecule has 0 fully saturated rings. The summed E-state index contributed by atoms with van der Waals surface area (Å²) in [6.07, 6.45) is 3.63. The zero-order valence-electron chi connectivity index (χ0n) is 23.5. The van der Waals surface area contributed by atoms with Crippen LogP contribution in [0.4, 0.5) is 11.4 Å². The van der Waals surface area contributed by atoms with Crippen molar-refractivity contribution in [2.45, 2.75) is 6.92 Å². The Hall–Kier alpha value is -5.88. The summed E-state index contributed by atoms with van der Waals surface area (Å²) in [5.41, 5.74) is 8.67. The molecule has 0 aliphatic rings. The molecule has 0 aliphatic carbocycles. The maximum absolute atomic E-state index is 5.11. The van der Waals surface area contributed by atoms with E-state index < -0.39 is 0 Å². The van der Waals surface area contributed by atoms with Gasteiger partial charge in [-0.3, -0.25) is 14.6 Å². The molecule has 0 aliphatic heterocycles. The van der Waals surface area contributed by atoms with Gasteiger partial charge in [-0.1, -0.05) is 78.9 Å². The van der Waals surface area contributed by atoms with Gasteiger partial charge in [-0.05, 0) is 50.0 Å². The number of para-hydroxylation sites is 2. The minimum absolute atomic E-state index is 0.620. The molecule has 43 heavy (non-hydrogen) atoms. The SMILES string of the molecule is C=Nc1cc2c(cc1N=CC)c1ccc3c4ccccc4n(-c4nccc(-c5ccccc5)n4)c3c1n2-c1ccccc1. The van der Waals surface area contributed by atoms with Crippen molar-refractivity contribution in [2.75, 3.05) is 0 Å². The highest BCUT2D eigenvalue weighted by molar-refractivity contribution is 6.24. The largest absolute Gasteiger partial charge is 0.307 e. The number of rotatable bonds is 5. The van der Waals surface area contributed by atoms with Crippen molar-refractivity contribution < 1.29 is 0 Å². The highest BCUT2D eigenvalue weighted by Crippen LogP contribution is 2.44. The molecule has 0 spiro atoms. The van der Waals surface area contributed by atoms with Crippen LogP contribution in [0.2, 0.25) is 0 Å². The second-order valence-corrected chi connectivity index (χ2v) is 10.4. The molecular weight excluding hydrogens is 528 g/mol. The Bertz CT molecular complexity index is 2360. The van der Waals surface area contributed by atoms with Gasteiger partial charge < -0.3 is 4.57 Å². The molecule has 8 rings (SSSR count). The average molecular weight is 555 g/mol. The number of benzene rings is 5. The fourth-order valence-electron chi connectivity index (χ4n) is 6.22. The van der Waals surface area contributed by atoms with Crippen LogP contribution >= 0.6 is 0 Å². The first-order valence-electron chi connectivity index (χ1n) is 14.2. The molecule has 204 valence electrons. The molecule has 0 N–H and O–H groups in total. The highest BCUT2D eigenvalue weighted by atomic mass is 15.2. The van der Waals surface area contributed by atoms with Crippen LogP contribution in [0.25, 0.3) is 66.5 Å². The first kappa shape index (κ1) is 24.9. The first-order chi connectivity index (χ1) is 21.3. The van der Waals surface area contributed by atoms with Gasteiger partial charge in [0.05, 0.1) is 39.1 Å². The molecule has 0 bridgehead atoms. The number of aliphatic imine (C=N–C) groups is 2. The summed E-state index contributed by atoms with van der Waals surface area (Å²) in [5, 5.41) is 4.47. The van der Waals surface area contributed by atoms with Gasteiger partial charge in [-0.15, -0.1) is 0 Å². The van der Waals surface area contributed by atoms with Crippen LogP contribution in [0, 0.1) is 0 Å². The first-order valence-corrected chi connectivity index (χ1v) is 14.2. The molecule has 3 aromatic heterocycles. The van der Waals surface area contributed by atoms with E-state index in [4.69, 9.17) is 9.97 Å². The van der Waals surface area contributed by atoms with Crippen molar-refractivity contribution in [3.05, 3.63) is 121 Å². The molecule has 6 nitrogen and oxygen atoms in total. The summed E-state index contributed by atoms with van der Waals surface area (Å²) in [7, 11) is 0. The molecule has 3 heterocycles. The zero-order chi connectivity index (χ0) is 28.9. The van der Waals surface area contributed by atoms with E-state index in [1.54, 1.807) is 6.21 Å². The molecule has 0 unspecified atom stereocenters. The van der Waals surface area contributed by atoms with Crippen LogP contribution in [0.1, 0.15) is 6.92 Å². The van der Waals surface area contributed by atoms with Crippen molar-refractivity contribution in [1.29, 1.82) is 0 Å². The second-order valence-electron chi connectivity index (χ2n) is 10.4. The van der Waals surface area contributed by atoms with Gasteiger partial charge >= 0.3 is 0 Å². The quantitative estimate of drug-likeness (QED) is 0.199. The Labute approximate surface area is 247 Å². The van der Waals surface area contributed by atoms with E-state index in [1.807, 2.05) is 43.5 Å². The van der Waals surface area contributed by atoms with Gasteiger partial charge in [0.15, 0.2) is 0 Å². The highest BCUT2D eigenvalue weighted by Gasteiger charge is 2.23. The van der Waals surface area contributed by atoms with Crippen molar-refractivity contribution in [1.82, 2.24) is 19.1 Å². The third-order valence-electron chi connectivity index (χ3n) is 8.02. The van der Waals surface area contributed by atoms with E-state index in [-0.39, 0.29) is 0 Å². The van der Waals surface area contributed by atoms with Gasteiger partial charge in [0.1, 0.15) is 0 Å². The van der Waals surface area contributed by atoms with E-state index in [2.05, 4.69) is 111 Å². The van der Waals surface area contributed by atoms with Crippen LogP contribution in [0.15, 0.2) is 131 Å². The smallest absolute Gasteiger partial charge is 0.235 e. The van der Waals surface area contributed by atoms with E-state index in [0.29, 0.717) is 5.95 Å². The molecule has 0 saturated carbocycles. The lowest BCUT2D eigenvalue weighted by Crippen LogP contribution is -2.03. The molecule has 0 saturated heterocycles. The lowest BCUT2D eigenvalue weighted by atomic mass is 10.1. The van der Waals surface area contributed by atoms with E-state index in [0.717, 1.165) is 71.9 Å². The monoisotopic (exact) mass is 554 g/mol. The maximum Gasteiger partial charge on any atom is 0.235 e.